The minimum absolute atomic E-state index is 0.0749. The predicted molar refractivity (Wildman–Crippen MR) is 72.8 cm³/mol. The van der Waals surface area contributed by atoms with E-state index in [1.807, 2.05) is 18.2 Å². The Hall–Kier alpha value is -1.47. The van der Waals surface area contributed by atoms with Gasteiger partial charge >= 0.3 is 5.97 Å². The van der Waals surface area contributed by atoms with Crippen molar-refractivity contribution in [3.8, 4) is 11.4 Å². The van der Waals surface area contributed by atoms with Gasteiger partial charge in [-0.15, -0.1) is 5.10 Å². The number of aliphatic carboxylic acids is 1. The topological polar surface area (TPSA) is 80.9 Å². The minimum atomic E-state index is -0.838. The van der Waals surface area contributed by atoms with Crippen molar-refractivity contribution in [3.05, 3.63) is 27.7 Å². The second-order valence-corrected chi connectivity index (χ2v) is 5.06. The third kappa shape index (κ3) is 3.30. The Morgan fingerprint density at radius 1 is 1.47 bits per heavy atom. The van der Waals surface area contributed by atoms with E-state index in [-0.39, 0.29) is 6.42 Å². The molecule has 6 nitrogen and oxygen atoms in total. The molecule has 2 aromatic rings. The number of rotatable bonds is 5. The first kappa shape index (κ1) is 14.0. The Kier molecular flexibility index (Phi) is 4.49. The standard InChI is InChI=1S/C11H10BrClN4O2/c12-8-4-1-3-7(10(8)13)11-14-15-16-17(11)6-2-5-9(18)19/h1,3-4H,2,5-6H2,(H,18,19). The summed E-state index contributed by atoms with van der Waals surface area (Å²) in [5, 5.41) is 20.5. The molecule has 0 bridgehead atoms. The molecule has 0 unspecified atom stereocenters. The van der Waals surface area contributed by atoms with Crippen molar-refractivity contribution < 1.29 is 9.90 Å². The number of aryl methyl sites for hydroxylation is 1. The number of carboxylic acids is 1. The number of benzene rings is 1. The van der Waals surface area contributed by atoms with Crippen molar-refractivity contribution in [2.75, 3.05) is 0 Å². The number of hydrogen-bond acceptors (Lipinski definition) is 4. The van der Waals surface area contributed by atoms with Crippen LogP contribution in [-0.4, -0.2) is 31.3 Å². The fourth-order valence-electron chi connectivity index (χ4n) is 1.60. The van der Waals surface area contributed by atoms with Crippen LogP contribution in [0.4, 0.5) is 0 Å². The van der Waals surface area contributed by atoms with E-state index in [1.165, 1.54) is 0 Å². The first-order chi connectivity index (χ1) is 9.09. The molecule has 2 rings (SSSR count). The lowest BCUT2D eigenvalue weighted by Gasteiger charge is -2.06. The molecular formula is C11H10BrClN4O2. The number of nitrogens with zero attached hydrogens (tertiary/aromatic N) is 4. The van der Waals surface area contributed by atoms with Crippen LogP contribution in [0.5, 0.6) is 0 Å². The van der Waals surface area contributed by atoms with Gasteiger partial charge in [0.25, 0.3) is 0 Å². The monoisotopic (exact) mass is 344 g/mol. The molecule has 0 saturated carbocycles. The lowest BCUT2D eigenvalue weighted by Crippen LogP contribution is -2.05. The molecule has 1 aromatic carbocycles. The summed E-state index contributed by atoms with van der Waals surface area (Å²) in [6.45, 7) is 0.428. The van der Waals surface area contributed by atoms with Gasteiger partial charge in [0.2, 0.25) is 0 Å². The van der Waals surface area contributed by atoms with Gasteiger partial charge in [-0.25, -0.2) is 4.68 Å². The van der Waals surface area contributed by atoms with Gasteiger partial charge in [-0.3, -0.25) is 4.79 Å². The van der Waals surface area contributed by atoms with E-state index >= 15 is 0 Å². The zero-order chi connectivity index (χ0) is 13.8. The van der Waals surface area contributed by atoms with Gasteiger partial charge in [-0.2, -0.15) is 0 Å². The van der Waals surface area contributed by atoms with Crippen molar-refractivity contribution in [3.63, 3.8) is 0 Å². The second-order valence-electron chi connectivity index (χ2n) is 3.82. The molecule has 0 aliphatic carbocycles. The lowest BCUT2D eigenvalue weighted by molar-refractivity contribution is -0.137. The number of hydrogen-bond donors (Lipinski definition) is 1. The Morgan fingerprint density at radius 3 is 3.00 bits per heavy atom. The highest BCUT2D eigenvalue weighted by Gasteiger charge is 2.14. The third-order valence-electron chi connectivity index (χ3n) is 2.48. The molecule has 0 amide bonds. The second kappa shape index (κ2) is 6.12. The van der Waals surface area contributed by atoms with Gasteiger partial charge in [0.1, 0.15) is 0 Å². The normalized spacial score (nSPS) is 10.6. The first-order valence-electron chi connectivity index (χ1n) is 5.52. The van der Waals surface area contributed by atoms with E-state index in [4.69, 9.17) is 16.7 Å². The lowest BCUT2D eigenvalue weighted by atomic mass is 10.2. The van der Waals surface area contributed by atoms with Crippen LogP contribution >= 0.6 is 27.5 Å². The van der Waals surface area contributed by atoms with Crippen LogP contribution in [0.2, 0.25) is 5.02 Å². The van der Waals surface area contributed by atoms with Crippen molar-refractivity contribution in [1.82, 2.24) is 20.2 Å². The molecule has 0 spiro atoms. The SMILES string of the molecule is O=C(O)CCCn1nnnc1-c1cccc(Br)c1Cl. The summed E-state index contributed by atoms with van der Waals surface area (Å²) in [6, 6.07) is 5.47. The maximum Gasteiger partial charge on any atom is 0.303 e. The molecule has 1 heterocycles. The van der Waals surface area contributed by atoms with Gasteiger partial charge in [-0.05, 0) is 44.9 Å². The molecule has 1 aromatic heterocycles. The predicted octanol–water partition coefficient (Wildman–Crippen LogP) is 2.62. The van der Waals surface area contributed by atoms with Crippen molar-refractivity contribution >= 4 is 33.5 Å². The van der Waals surface area contributed by atoms with Gasteiger partial charge in [0.05, 0.1) is 5.02 Å². The first-order valence-corrected chi connectivity index (χ1v) is 6.69. The maximum atomic E-state index is 10.5. The van der Waals surface area contributed by atoms with E-state index in [0.717, 1.165) is 4.47 Å². The Morgan fingerprint density at radius 2 is 2.26 bits per heavy atom. The van der Waals surface area contributed by atoms with Crippen LogP contribution < -0.4 is 0 Å². The Labute approximate surface area is 122 Å². The Balaban J connectivity index is 2.24. The molecule has 0 aliphatic heterocycles. The van der Waals surface area contributed by atoms with E-state index in [9.17, 15) is 4.79 Å². The van der Waals surface area contributed by atoms with Crippen molar-refractivity contribution in [1.29, 1.82) is 0 Å². The van der Waals surface area contributed by atoms with E-state index < -0.39 is 5.97 Å². The molecule has 100 valence electrons. The zero-order valence-corrected chi connectivity index (χ0v) is 12.1. The van der Waals surface area contributed by atoms with Crippen LogP contribution in [0.3, 0.4) is 0 Å². The van der Waals surface area contributed by atoms with Crippen LogP contribution in [-0.2, 0) is 11.3 Å². The number of carbonyl (C=O) groups is 1. The van der Waals surface area contributed by atoms with Gasteiger partial charge in [0.15, 0.2) is 5.82 Å². The van der Waals surface area contributed by atoms with E-state index in [1.54, 1.807) is 4.68 Å². The molecule has 19 heavy (non-hydrogen) atoms. The molecule has 0 fully saturated rings. The fourth-order valence-corrected chi connectivity index (χ4v) is 2.18. The summed E-state index contributed by atoms with van der Waals surface area (Å²) in [6.07, 6.45) is 0.532. The largest absolute Gasteiger partial charge is 0.481 e. The maximum absolute atomic E-state index is 10.5. The van der Waals surface area contributed by atoms with Gasteiger partial charge in [0, 0.05) is 23.0 Å². The van der Waals surface area contributed by atoms with Crippen LogP contribution in [0.25, 0.3) is 11.4 Å². The van der Waals surface area contributed by atoms with Gasteiger partial charge < -0.3 is 5.11 Å². The van der Waals surface area contributed by atoms with Crippen LogP contribution in [0.1, 0.15) is 12.8 Å². The quantitative estimate of drug-likeness (QED) is 0.901. The van der Waals surface area contributed by atoms with E-state index in [2.05, 4.69) is 31.5 Å². The van der Waals surface area contributed by atoms with Crippen LogP contribution in [0.15, 0.2) is 22.7 Å². The highest BCUT2D eigenvalue weighted by molar-refractivity contribution is 9.10. The third-order valence-corrected chi connectivity index (χ3v) is 3.78. The summed E-state index contributed by atoms with van der Waals surface area (Å²) in [5.74, 6) is -0.313. The molecule has 8 heteroatoms. The fraction of sp³-hybridized carbons (Fsp3) is 0.273. The Bertz CT molecular complexity index is 602. The minimum Gasteiger partial charge on any atom is -0.481 e. The average molecular weight is 346 g/mol. The van der Waals surface area contributed by atoms with Crippen LogP contribution in [0, 0.1) is 0 Å². The summed E-state index contributed by atoms with van der Waals surface area (Å²) < 4.78 is 2.31. The van der Waals surface area contributed by atoms with Crippen molar-refractivity contribution in [2.24, 2.45) is 0 Å². The number of carboxylic acid groups (broad SMARTS) is 1. The number of aromatic nitrogens is 4. The number of tetrazole rings is 1. The molecular weight excluding hydrogens is 336 g/mol. The highest BCUT2D eigenvalue weighted by Crippen LogP contribution is 2.32. The smallest absolute Gasteiger partial charge is 0.303 e. The molecule has 0 aliphatic rings. The van der Waals surface area contributed by atoms with Crippen molar-refractivity contribution in [2.45, 2.75) is 19.4 Å². The molecule has 1 N–H and O–H groups in total. The molecule has 0 atom stereocenters. The molecule has 0 radical (unpaired) electrons. The van der Waals surface area contributed by atoms with E-state index in [0.29, 0.717) is 29.4 Å². The number of halogens is 2. The summed E-state index contributed by atoms with van der Waals surface area (Å²) in [4.78, 5) is 10.5. The highest BCUT2D eigenvalue weighted by atomic mass is 79.9. The average Bonchev–Trinajstić information content (AvgIpc) is 2.80. The zero-order valence-electron chi connectivity index (χ0n) is 9.75. The summed E-state index contributed by atoms with van der Waals surface area (Å²) in [7, 11) is 0. The summed E-state index contributed by atoms with van der Waals surface area (Å²) in [5.41, 5.74) is 0.705. The summed E-state index contributed by atoms with van der Waals surface area (Å²) >= 11 is 9.53. The molecule has 0 saturated heterocycles. The van der Waals surface area contributed by atoms with Gasteiger partial charge in [-0.1, -0.05) is 17.7 Å².